The number of nitrogens with zero attached hydrogens (tertiary/aromatic N) is 2. The zero-order chi connectivity index (χ0) is 11.3. The van der Waals surface area contributed by atoms with E-state index in [1.807, 2.05) is 13.8 Å². The van der Waals surface area contributed by atoms with Gasteiger partial charge in [0.2, 0.25) is 5.89 Å². The molecule has 15 heavy (non-hydrogen) atoms. The lowest BCUT2D eigenvalue weighted by Crippen LogP contribution is -2.15. The number of rotatable bonds is 6. The lowest BCUT2D eigenvalue weighted by Gasteiger charge is -2.09. The van der Waals surface area contributed by atoms with Crippen molar-refractivity contribution < 1.29 is 14.7 Å². The number of hydrogen-bond acceptors (Lipinski definition) is 6. The Bertz CT molecular complexity index is 293. The van der Waals surface area contributed by atoms with Gasteiger partial charge in [-0.2, -0.15) is 4.98 Å². The van der Waals surface area contributed by atoms with Crippen molar-refractivity contribution in [2.24, 2.45) is 0 Å². The molecular formula is C9H16N2O3S. The fraction of sp³-hybridized carbons (Fsp3) is 0.778. The van der Waals surface area contributed by atoms with Gasteiger partial charge in [-0.05, 0) is 6.92 Å². The predicted octanol–water partition coefficient (Wildman–Crippen LogP) is 0.779. The summed E-state index contributed by atoms with van der Waals surface area (Å²) >= 11 is 1.48. The molecule has 0 radical (unpaired) electrons. The molecule has 0 aliphatic carbocycles. The predicted molar refractivity (Wildman–Crippen MR) is 57.6 cm³/mol. The minimum Gasteiger partial charge on any atom is -0.394 e. The van der Waals surface area contributed by atoms with Gasteiger partial charge in [0.25, 0.3) is 0 Å². The van der Waals surface area contributed by atoms with Gasteiger partial charge in [0, 0.05) is 12.2 Å². The monoisotopic (exact) mass is 232 g/mol. The Morgan fingerprint density at radius 2 is 2.27 bits per heavy atom. The Morgan fingerprint density at radius 3 is 2.80 bits per heavy atom. The van der Waals surface area contributed by atoms with Crippen LogP contribution in [0.3, 0.4) is 0 Å². The Morgan fingerprint density at radius 1 is 1.53 bits per heavy atom. The van der Waals surface area contributed by atoms with E-state index in [0.717, 1.165) is 6.42 Å². The van der Waals surface area contributed by atoms with Gasteiger partial charge in [0.15, 0.2) is 5.82 Å². The Balaban J connectivity index is 2.42. The van der Waals surface area contributed by atoms with Crippen molar-refractivity contribution in [1.29, 1.82) is 0 Å². The molecule has 1 aromatic heterocycles. The number of thioether (sulfide) groups is 1. The quantitative estimate of drug-likeness (QED) is 0.754. The zero-order valence-corrected chi connectivity index (χ0v) is 9.70. The van der Waals surface area contributed by atoms with Crippen LogP contribution in [0.25, 0.3) is 0 Å². The molecule has 0 amide bonds. The van der Waals surface area contributed by atoms with E-state index in [4.69, 9.17) is 14.7 Å². The van der Waals surface area contributed by atoms with E-state index in [1.54, 1.807) is 0 Å². The SMILES string of the molecule is CCc1noc([C@H](C)SC[C@H](O)CO)n1. The topological polar surface area (TPSA) is 79.4 Å². The summed E-state index contributed by atoms with van der Waals surface area (Å²) in [4.78, 5) is 4.19. The first-order valence-corrected chi connectivity index (χ1v) is 5.95. The van der Waals surface area contributed by atoms with Gasteiger partial charge in [0.1, 0.15) is 0 Å². The van der Waals surface area contributed by atoms with Crippen LogP contribution in [0.15, 0.2) is 4.52 Å². The maximum Gasteiger partial charge on any atom is 0.239 e. The van der Waals surface area contributed by atoms with Gasteiger partial charge < -0.3 is 14.7 Å². The van der Waals surface area contributed by atoms with E-state index in [1.165, 1.54) is 11.8 Å². The smallest absolute Gasteiger partial charge is 0.239 e. The Kier molecular flexibility index (Phi) is 5.07. The van der Waals surface area contributed by atoms with Crippen molar-refractivity contribution in [3.63, 3.8) is 0 Å². The summed E-state index contributed by atoms with van der Waals surface area (Å²) in [6, 6.07) is 0. The number of aromatic nitrogens is 2. The largest absolute Gasteiger partial charge is 0.394 e. The highest BCUT2D eigenvalue weighted by molar-refractivity contribution is 7.99. The Labute approximate surface area is 92.9 Å². The first kappa shape index (κ1) is 12.5. The molecule has 5 nitrogen and oxygen atoms in total. The van der Waals surface area contributed by atoms with Crippen LogP contribution in [0.5, 0.6) is 0 Å². The molecule has 0 unspecified atom stereocenters. The summed E-state index contributed by atoms with van der Waals surface area (Å²) < 4.78 is 5.06. The van der Waals surface area contributed by atoms with Gasteiger partial charge in [-0.25, -0.2) is 0 Å². The second-order valence-electron chi connectivity index (χ2n) is 3.21. The maximum absolute atomic E-state index is 9.17. The molecule has 0 aliphatic rings. The summed E-state index contributed by atoms with van der Waals surface area (Å²) in [5.74, 6) is 1.73. The molecule has 6 heteroatoms. The minimum atomic E-state index is -0.689. The van der Waals surface area contributed by atoms with Crippen LogP contribution in [-0.2, 0) is 6.42 Å². The van der Waals surface area contributed by atoms with E-state index in [-0.39, 0.29) is 11.9 Å². The number of aliphatic hydroxyl groups is 2. The molecule has 1 heterocycles. The molecule has 86 valence electrons. The minimum absolute atomic E-state index is 0.0407. The van der Waals surface area contributed by atoms with Crippen LogP contribution in [0.2, 0.25) is 0 Å². The molecule has 0 saturated heterocycles. The highest BCUT2D eigenvalue weighted by Gasteiger charge is 2.15. The number of aryl methyl sites for hydroxylation is 1. The molecule has 0 bridgehead atoms. The van der Waals surface area contributed by atoms with Crippen molar-refractivity contribution in [3.05, 3.63) is 11.7 Å². The highest BCUT2D eigenvalue weighted by Crippen LogP contribution is 2.27. The van der Waals surface area contributed by atoms with Crippen LogP contribution in [0.4, 0.5) is 0 Å². The molecule has 2 N–H and O–H groups in total. The molecule has 1 aromatic rings. The third-order valence-corrected chi connectivity index (χ3v) is 3.18. The van der Waals surface area contributed by atoms with Gasteiger partial charge in [-0.3, -0.25) is 0 Å². The van der Waals surface area contributed by atoms with Gasteiger partial charge in [-0.15, -0.1) is 11.8 Å². The normalized spacial score (nSPS) is 15.2. The number of hydrogen-bond donors (Lipinski definition) is 2. The van der Waals surface area contributed by atoms with Gasteiger partial charge >= 0.3 is 0 Å². The lowest BCUT2D eigenvalue weighted by atomic mass is 10.4. The molecule has 1 rings (SSSR count). The summed E-state index contributed by atoms with van der Waals surface area (Å²) in [6.45, 7) is 3.67. The van der Waals surface area contributed by atoms with E-state index < -0.39 is 6.10 Å². The third-order valence-electron chi connectivity index (χ3n) is 1.90. The van der Waals surface area contributed by atoms with Crippen molar-refractivity contribution in [3.8, 4) is 0 Å². The van der Waals surface area contributed by atoms with Crippen LogP contribution >= 0.6 is 11.8 Å². The molecule has 0 saturated carbocycles. The second-order valence-corrected chi connectivity index (χ2v) is 4.59. The summed E-state index contributed by atoms with van der Waals surface area (Å²) in [5, 5.41) is 21.6. The molecule has 0 aromatic carbocycles. The first-order chi connectivity index (χ1) is 7.17. The van der Waals surface area contributed by atoms with E-state index >= 15 is 0 Å². The summed E-state index contributed by atoms with van der Waals surface area (Å²) in [7, 11) is 0. The molecule has 0 spiro atoms. The lowest BCUT2D eigenvalue weighted by molar-refractivity contribution is 0.113. The maximum atomic E-state index is 9.17. The molecule has 2 atom stereocenters. The van der Waals surface area contributed by atoms with E-state index in [2.05, 4.69) is 10.1 Å². The first-order valence-electron chi connectivity index (χ1n) is 4.90. The van der Waals surface area contributed by atoms with Crippen LogP contribution in [-0.4, -0.2) is 38.8 Å². The molecule has 0 fully saturated rings. The van der Waals surface area contributed by atoms with Gasteiger partial charge in [0.05, 0.1) is 18.0 Å². The number of aliphatic hydroxyl groups excluding tert-OH is 2. The van der Waals surface area contributed by atoms with E-state index in [0.29, 0.717) is 17.5 Å². The molecule has 0 aliphatic heterocycles. The van der Waals surface area contributed by atoms with Crippen molar-refractivity contribution in [2.45, 2.75) is 31.6 Å². The van der Waals surface area contributed by atoms with Gasteiger partial charge in [-0.1, -0.05) is 12.1 Å². The Hall–Kier alpha value is -0.590. The summed E-state index contributed by atoms with van der Waals surface area (Å²) in [5.41, 5.74) is 0. The van der Waals surface area contributed by atoms with E-state index in [9.17, 15) is 0 Å². The fourth-order valence-electron chi connectivity index (χ4n) is 0.956. The van der Waals surface area contributed by atoms with Crippen LogP contribution in [0.1, 0.15) is 30.8 Å². The summed E-state index contributed by atoms with van der Waals surface area (Å²) in [6.07, 6.45) is 0.0613. The van der Waals surface area contributed by atoms with Crippen LogP contribution < -0.4 is 0 Å². The molecular weight excluding hydrogens is 216 g/mol. The fourth-order valence-corrected chi connectivity index (χ4v) is 1.81. The van der Waals surface area contributed by atoms with Crippen molar-refractivity contribution in [1.82, 2.24) is 10.1 Å². The average Bonchev–Trinajstić information content (AvgIpc) is 2.73. The second kappa shape index (κ2) is 6.09. The zero-order valence-electron chi connectivity index (χ0n) is 8.88. The third kappa shape index (κ3) is 3.81. The van der Waals surface area contributed by atoms with Crippen LogP contribution in [0, 0.1) is 0 Å². The van der Waals surface area contributed by atoms with Crippen molar-refractivity contribution in [2.75, 3.05) is 12.4 Å². The average molecular weight is 232 g/mol. The highest BCUT2D eigenvalue weighted by atomic mass is 32.2. The standard InChI is InChI=1S/C9H16N2O3S/c1-3-8-10-9(14-11-8)6(2)15-5-7(13)4-12/h6-7,12-13H,3-5H2,1-2H3/t6-,7+/m0/s1. The van der Waals surface area contributed by atoms with Crippen molar-refractivity contribution >= 4 is 11.8 Å².